The number of hydrogen-bond acceptors (Lipinski definition) is 2. The van der Waals surface area contributed by atoms with Crippen molar-refractivity contribution in [3.63, 3.8) is 0 Å². The topological polar surface area (TPSA) is 37.4 Å². The van der Waals surface area contributed by atoms with E-state index in [9.17, 15) is 9.59 Å². The van der Waals surface area contributed by atoms with Crippen LogP contribution >= 0.6 is 0 Å². The molecule has 2 amide bonds. The molecular formula is C16H19NO2. The molecule has 2 atom stereocenters. The largest absolute Gasteiger partial charge is 0.274 e. The monoisotopic (exact) mass is 257 g/mol. The lowest BCUT2D eigenvalue weighted by Crippen LogP contribution is -2.30. The highest BCUT2D eigenvalue weighted by Gasteiger charge is 2.48. The first-order valence-corrected chi connectivity index (χ1v) is 7.19. The second-order valence-corrected chi connectivity index (χ2v) is 5.53. The van der Waals surface area contributed by atoms with Crippen molar-refractivity contribution < 1.29 is 9.59 Å². The number of rotatable bonds is 2. The smallest absolute Gasteiger partial charge is 0.237 e. The molecule has 1 aromatic carbocycles. The lowest BCUT2D eigenvalue weighted by atomic mass is 9.81. The van der Waals surface area contributed by atoms with Crippen LogP contribution in [0.15, 0.2) is 24.3 Å². The van der Waals surface area contributed by atoms with Gasteiger partial charge in [0.15, 0.2) is 0 Å². The Kier molecular flexibility index (Phi) is 3.13. The van der Waals surface area contributed by atoms with E-state index in [0.29, 0.717) is 0 Å². The fraction of sp³-hybridized carbons (Fsp3) is 0.500. The average Bonchev–Trinajstić information content (AvgIpc) is 2.72. The van der Waals surface area contributed by atoms with Gasteiger partial charge in [-0.05, 0) is 37.0 Å². The van der Waals surface area contributed by atoms with Gasteiger partial charge >= 0.3 is 0 Å². The van der Waals surface area contributed by atoms with Gasteiger partial charge in [0.25, 0.3) is 0 Å². The Labute approximate surface area is 113 Å². The minimum atomic E-state index is -0.0629. The summed E-state index contributed by atoms with van der Waals surface area (Å²) in [6.45, 7) is 2.09. The normalized spacial score (nSPS) is 26.7. The number of aryl methyl sites for hydroxylation is 1. The van der Waals surface area contributed by atoms with Crippen LogP contribution in [-0.4, -0.2) is 11.8 Å². The molecule has 2 unspecified atom stereocenters. The Morgan fingerprint density at radius 3 is 2.00 bits per heavy atom. The number of anilines is 1. The molecule has 0 aromatic heterocycles. The predicted octanol–water partition coefficient (Wildman–Crippen LogP) is 2.93. The van der Waals surface area contributed by atoms with Crippen LogP contribution < -0.4 is 4.90 Å². The van der Waals surface area contributed by atoms with Crippen molar-refractivity contribution in [2.45, 2.75) is 39.0 Å². The fourth-order valence-corrected chi connectivity index (χ4v) is 3.30. The second kappa shape index (κ2) is 4.80. The van der Waals surface area contributed by atoms with Crippen molar-refractivity contribution in [3.05, 3.63) is 29.8 Å². The van der Waals surface area contributed by atoms with Gasteiger partial charge in [0, 0.05) is 0 Å². The van der Waals surface area contributed by atoms with Crippen LogP contribution in [0.2, 0.25) is 0 Å². The van der Waals surface area contributed by atoms with E-state index in [0.717, 1.165) is 37.8 Å². The van der Waals surface area contributed by atoms with E-state index >= 15 is 0 Å². The summed E-state index contributed by atoms with van der Waals surface area (Å²) in [7, 11) is 0. The lowest BCUT2D eigenvalue weighted by Gasteiger charge is -2.19. The number of carbonyl (C=O) groups is 2. The average molecular weight is 257 g/mol. The summed E-state index contributed by atoms with van der Waals surface area (Å²) >= 11 is 0. The molecule has 1 aromatic rings. The van der Waals surface area contributed by atoms with E-state index < -0.39 is 0 Å². The highest BCUT2D eigenvalue weighted by atomic mass is 16.2. The molecule has 0 spiro atoms. The van der Waals surface area contributed by atoms with Crippen molar-refractivity contribution in [3.8, 4) is 0 Å². The number of nitrogens with zero attached hydrogens (tertiary/aromatic N) is 1. The van der Waals surface area contributed by atoms with Crippen molar-refractivity contribution >= 4 is 17.5 Å². The fourth-order valence-electron chi connectivity index (χ4n) is 3.30. The van der Waals surface area contributed by atoms with E-state index in [1.807, 2.05) is 24.3 Å². The zero-order valence-corrected chi connectivity index (χ0v) is 11.3. The van der Waals surface area contributed by atoms with Gasteiger partial charge in [0.2, 0.25) is 11.8 Å². The van der Waals surface area contributed by atoms with Crippen LogP contribution in [0.1, 0.15) is 38.2 Å². The highest BCUT2D eigenvalue weighted by Crippen LogP contribution is 2.39. The molecule has 19 heavy (non-hydrogen) atoms. The summed E-state index contributed by atoms with van der Waals surface area (Å²) in [6, 6.07) is 7.79. The lowest BCUT2D eigenvalue weighted by molar-refractivity contribution is -0.122. The molecular weight excluding hydrogens is 238 g/mol. The van der Waals surface area contributed by atoms with Crippen LogP contribution in [0, 0.1) is 11.8 Å². The first kappa shape index (κ1) is 12.4. The Morgan fingerprint density at radius 2 is 1.53 bits per heavy atom. The van der Waals surface area contributed by atoms with Crippen LogP contribution in [0.5, 0.6) is 0 Å². The number of amides is 2. The van der Waals surface area contributed by atoms with Crippen molar-refractivity contribution in [2.75, 3.05) is 4.90 Å². The highest BCUT2D eigenvalue weighted by molar-refractivity contribution is 6.22. The molecule has 0 bridgehead atoms. The maximum absolute atomic E-state index is 12.4. The summed E-state index contributed by atoms with van der Waals surface area (Å²) in [4.78, 5) is 26.2. The van der Waals surface area contributed by atoms with Crippen LogP contribution in [0.4, 0.5) is 5.69 Å². The minimum Gasteiger partial charge on any atom is -0.274 e. The molecule has 3 rings (SSSR count). The molecule has 1 aliphatic heterocycles. The SMILES string of the molecule is CCc1ccc(N2C(=O)C3CCCCC3C2=O)cc1. The van der Waals surface area contributed by atoms with E-state index in [4.69, 9.17) is 0 Å². The molecule has 2 aliphatic rings. The summed E-state index contributed by atoms with van der Waals surface area (Å²) in [5.74, 6) is -0.0999. The number of imide groups is 1. The maximum atomic E-state index is 12.4. The van der Waals surface area contributed by atoms with Gasteiger partial charge in [0.1, 0.15) is 0 Å². The van der Waals surface area contributed by atoms with Crippen molar-refractivity contribution in [1.82, 2.24) is 0 Å². The number of carbonyl (C=O) groups excluding carboxylic acids is 2. The Balaban J connectivity index is 1.91. The molecule has 1 saturated heterocycles. The van der Waals surface area contributed by atoms with Crippen molar-refractivity contribution in [1.29, 1.82) is 0 Å². The first-order chi connectivity index (χ1) is 9.22. The summed E-state index contributed by atoms with van der Waals surface area (Å²) in [6.07, 6.45) is 4.86. The zero-order valence-electron chi connectivity index (χ0n) is 11.3. The number of hydrogen-bond donors (Lipinski definition) is 0. The van der Waals surface area contributed by atoms with E-state index in [1.165, 1.54) is 10.5 Å². The zero-order chi connectivity index (χ0) is 13.4. The Morgan fingerprint density at radius 1 is 1.00 bits per heavy atom. The third kappa shape index (κ3) is 1.97. The quantitative estimate of drug-likeness (QED) is 0.764. The number of benzene rings is 1. The number of fused-ring (bicyclic) bond motifs is 1. The van der Waals surface area contributed by atoms with Crippen LogP contribution in [0.25, 0.3) is 0 Å². The second-order valence-electron chi connectivity index (χ2n) is 5.53. The third-order valence-corrected chi connectivity index (χ3v) is 4.44. The molecule has 3 heteroatoms. The standard InChI is InChI=1S/C16H19NO2/c1-2-11-7-9-12(10-8-11)17-15(18)13-5-3-4-6-14(13)16(17)19/h7-10,13-14H,2-6H2,1H3. The van der Waals surface area contributed by atoms with E-state index in [-0.39, 0.29) is 23.7 Å². The van der Waals surface area contributed by atoms with E-state index in [2.05, 4.69) is 6.92 Å². The van der Waals surface area contributed by atoms with Gasteiger partial charge in [0.05, 0.1) is 17.5 Å². The molecule has 100 valence electrons. The molecule has 0 radical (unpaired) electrons. The molecule has 1 saturated carbocycles. The molecule has 3 nitrogen and oxygen atoms in total. The maximum Gasteiger partial charge on any atom is 0.237 e. The Hall–Kier alpha value is -1.64. The van der Waals surface area contributed by atoms with Gasteiger partial charge in [-0.3, -0.25) is 14.5 Å². The minimum absolute atomic E-state index is 0.0129. The molecule has 0 N–H and O–H groups in total. The predicted molar refractivity (Wildman–Crippen MR) is 73.8 cm³/mol. The Bertz CT molecular complexity index is 482. The third-order valence-electron chi connectivity index (χ3n) is 4.44. The van der Waals surface area contributed by atoms with Crippen LogP contribution in [-0.2, 0) is 16.0 Å². The van der Waals surface area contributed by atoms with Crippen LogP contribution in [0.3, 0.4) is 0 Å². The van der Waals surface area contributed by atoms with Gasteiger partial charge in [-0.1, -0.05) is 31.9 Å². The molecule has 1 heterocycles. The summed E-state index contributed by atoms with van der Waals surface area (Å²) in [5, 5.41) is 0. The van der Waals surface area contributed by atoms with Gasteiger partial charge in [-0.2, -0.15) is 0 Å². The first-order valence-electron chi connectivity index (χ1n) is 7.19. The summed E-state index contributed by atoms with van der Waals surface area (Å²) in [5.41, 5.74) is 1.96. The van der Waals surface area contributed by atoms with Crippen molar-refractivity contribution in [2.24, 2.45) is 11.8 Å². The summed E-state index contributed by atoms with van der Waals surface area (Å²) < 4.78 is 0. The van der Waals surface area contributed by atoms with Gasteiger partial charge in [-0.15, -0.1) is 0 Å². The molecule has 1 aliphatic carbocycles. The van der Waals surface area contributed by atoms with Gasteiger partial charge in [-0.25, -0.2) is 0 Å². The molecule has 2 fully saturated rings. The van der Waals surface area contributed by atoms with E-state index in [1.54, 1.807) is 0 Å². The van der Waals surface area contributed by atoms with Gasteiger partial charge < -0.3 is 0 Å².